The molecule has 1 N–H and O–H groups in total. The molecule has 1 fully saturated rings. The molecule has 1 aliphatic heterocycles. The fourth-order valence-electron chi connectivity index (χ4n) is 3.11. The van der Waals surface area contributed by atoms with Gasteiger partial charge in [-0.05, 0) is 37.6 Å². The largest absolute Gasteiger partial charge is 0.353 e. The number of carbonyl (C=O) groups excluding carboxylic acids is 2. The summed E-state index contributed by atoms with van der Waals surface area (Å²) in [7, 11) is -3.53. The van der Waals surface area contributed by atoms with Crippen molar-refractivity contribution >= 4 is 27.5 Å². The maximum Gasteiger partial charge on any atom is 0.243 e. The molecule has 2 unspecified atom stereocenters. The second-order valence-corrected chi connectivity index (χ2v) is 8.74. The van der Waals surface area contributed by atoms with Crippen LogP contribution in [0.25, 0.3) is 0 Å². The number of rotatable bonds is 8. The quantitative estimate of drug-likeness (QED) is 0.729. The number of carbonyl (C=O) groups is 2. The second-order valence-electron chi connectivity index (χ2n) is 6.81. The topological polar surface area (TPSA) is 86.8 Å². The summed E-state index contributed by atoms with van der Waals surface area (Å²) in [5.74, 6) is -0.620. The molecule has 0 bridgehead atoms. The molecule has 1 saturated heterocycles. The number of hydrogen-bond donors (Lipinski definition) is 1. The van der Waals surface area contributed by atoms with Crippen molar-refractivity contribution in [2.75, 3.05) is 24.5 Å². The normalized spacial score (nSPS) is 18.8. The lowest BCUT2D eigenvalue weighted by Crippen LogP contribution is -2.38. The predicted molar refractivity (Wildman–Crippen MR) is 105 cm³/mol. The molecule has 1 aromatic rings. The van der Waals surface area contributed by atoms with Gasteiger partial charge in [-0.1, -0.05) is 20.8 Å². The van der Waals surface area contributed by atoms with Crippen LogP contribution in [0.15, 0.2) is 29.2 Å². The lowest BCUT2D eigenvalue weighted by molar-refractivity contribution is -0.126. The first-order chi connectivity index (χ1) is 12.7. The number of amides is 2. The molecular formula is C19H29N3O4S. The van der Waals surface area contributed by atoms with Gasteiger partial charge >= 0.3 is 0 Å². The van der Waals surface area contributed by atoms with Crippen molar-refractivity contribution in [3.63, 3.8) is 0 Å². The molecule has 8 heteroatoms. The minimum absolute atomic E-state index is 0.0752. The summed E-state index contributed by atoms with van der Waals surface area (Å²) in [5, 5.41) is 2.92. The minimum atomic E-state index is -3.53. The van der Waals surface area contributed by atoms with E-state index in [0.717, 1.165) is 6.42 Å². The Morgan fingerprint density at radius 1 is 1.22 bits per heavy atom. The van der Waals surface area contributed by atoms with E-state index in [4.69, 9.17) is 0 Å². The van der Waals surface area contributed by atoms with Crippen LogP contribution in [0.2, 0.25) is 0 Å². The van der Waals surface area contributed by atoms with Gasteiger partial charge in [0.2, 0.25) is 21.8 Å². The molecule has 2 amide bonds. The van der Waals surface area contributed by atoms with Crippen molar-refractivity contribution < 1.29 is 18.0 Å². The van der Waals surface area contributed by atoms with Crippen LogP contribution in [0.4, 0.5) is 5.69 Å². The molecule has 0 radical (unpaired) electrons. The van der Waals surface area contributed by atoms with Crippen LogP contribution >= 0.6 is 0 Å². The minimum Gasteiger partial charge on any atom is -0.353 e. The average Bonchev–Trinajstić information content (AvgIpc) is 3.04. The van der Waals surface area contributed by atoms with Crippen LogP contribution in [-0.2, 0) is 19.6 Å². The lowest BCUT2D eigenvalue weighted by atomic mass is 10.1. The lowest BCUT2D eigenvalue weighted by Gasteiger charge is -2.20. The molecule has 0 aromatic heterocycles. The zero-order chi connectivity index (χ0) is 20.2. The predicted octanol–water partition coefficient (Wildman–Crippen LogP) is 1.98. The third-order valence-electron chi connectivity index (χ3n) is 4.99. The molecule has 0 saturated carbocycles. The molecule has 1 heterocycles. The van der Waals surface area contributed by atoms with E-state index in [1.54, 1.807) is 30.9 Å². The van der Waals surface area contributed by atoms with E-state index in [0.29, 0.717) is 25.3 Å². The molecule has 1 aromatic carbocycles. The first-order valence-corrected chi connectivity index (χ1v) is 10.9. The standard InChI is InChI=1S/C19H29N3O4S/c1-5-14(4)20-19(24)15-12-18(23)22(13-15)16-8-10-17(11-9-16)27(25,26)21(6-2)7-3/h8-11,14-15H,5-7,12-13H2,1-4H3,(H,20,24). The Hall–Kier alpha value is -1.93. The highest BCUT2D eigenvalue weighted by molar-refractivity contribution is 7.89. The monoisotopic (exact) mass is 395 g/mol. The summed E-state index contributed by atoms with van der Waals surface area (Å²) in [6.07, 6.45) is 1.00. The van der Waals surface area contributed by atoms with Crippen LogP contribution in [0.1, 0.15) is 40.5 Å². The number of benzene rings is 1. The smallest absolute Gasteiger partial charge is 0.243 e. The average molecular weight is 396 g/mol. The maximum atomic E-state index is 12.6. The molecule has 7 nitrogen and oxygen atoms in total. The number of hydrogen-bond acceptors (Lipinski definition) is 4. The third kappa shape index (κ3) is 4.68. The second kappa shape index (κ2) is 8.84. The van der Waals surface area contributed by atoms with Crippen LogP contribution in [0.5, 0.6) is 0 Å². The van der Waals surface area contributed by atoms with E-state index >= 15 is 0 Å². The molecular weight excluding hydrogens is 366 g/mol. The van der Waals surface area contributed by atoms with Gasteiger partial charge in [0.15, 0.2) is 0 Å². The molecule has 0 aliphatic carbocycles. The van der Waals surface area contributed by atoms with Crippen LogP contribution in [-0.4, -0.2) is 50.2 Å². The van der Waals surface area contributed by atoms with Gasteiger partial charge in [0.05, 0.1) is 10.8 Å². The zero-order valence-corrected chi connectivity index (χ0v) is 17.3. The Bertz CT molecular complexity index is 773. The number of anilines is 1. The van der Waals surface area contributed by atoms with Gasteiger partial charge in [0.1, 0.15) is 0 Å². The van der Waals surface area contributed by atoms with E-state index in [1.165, 1.54) is 16.4 Å². The van der Waals surface area contributed by atoms with E-state index in [9.17, 15) is 18.0 Å². The number of sulfonamides is 1. The first-order valence-electron chi connectivity index (χ1n) is 9.45. The van der Waals surface area contributed by atoms with Crippen molar-refractivity contribution in [3.05, 3.63) is 24.3 Å². The molecule has 27 heavy (non-hydrogen) atoms. The van der Waals surface area contributed by atoms with Gasteiger partial charge in [-0.25, -0.2) is 8.42 Å². The van der Waals surface area contributed by atoms with Crippen LogP contribution < -0.4 is 10.2 Å². The van der Waals surface area contributed by atoms with Crippen molar-refractivity contribution in [1.29, 1.82) is 0 Å². The van der Waals surface area contributed by atoms with Gasteiger partial charge in [0, 0.05) is 37.8 Å². The Labute approximate surface area is 161 Å². The fraction of sp³-hybridized carbons (Fsp3) is 0.579. The zero-order valence-electron chi connectivity index (χ0n) is 16.4. The van der Waals surface area contributed by atoms with Gasteiger partial charge in [0.25, 0.3) is 0 Å². The molecule has 2 atom stereocenters. The van der Waals surface area contributed by atoms with Crippen molar-refractivity contribution in [2.45, 2.75) is 51.5 Å². The SMILES string of the molecule is CCC(C)NC(=O)C1CC(=O)N(c2ccc(S(=O)(=O)N(CC)CC)cc2)C1. The fourth-order valence-corrected chi connectivity index (χ4v) is 4.56. The first kappa shape index (κ1) is 21.4. The summed E-state index contributed by atoms with van der Waals surface area (Å²) in [4.78, 5) is 26.4. The third-order valence-corrected chi connectivity index (χ3v) is 7.05. The van der Waals surface area contributed by atoms with E-state index in [-0.39, 0.29) is 35.1 Å². The molecule has 0 spiro atoms. The Kier molecular flexibility index (Phi) is 7.00. The number of nitrogens with zero attached hydrogens (tertiary/aromatic N) is 2. The maximum absolute atomic E-state index is 12.6. The summed E-state index contributed by atoms with van der Waals surface area (Å²) in [6, 6.07) is 6.37. The number of nitrogens with one attached hydrogen (secondary N) is 1. The van der Waals surface area contributed by atoms with E-state index in [1.807, 2.05) is 13.8 Å². The van der Waals surface area contributed by atoms with Gasteiger partial charge in [-0.15, -0.1) is 0 Å². The summed E-state index contributed by atoms with van der Waals surface area (Å²) in [5.41, 5.74) is 0.609. The van der Waals surface area contributed by atoms with Gasteiger partial charge < -0.3 is 10.2 Å². The highest BCUT2D eigenvalue weighted by Gasteiger charge is 2.35. The molecule has 2 rings (SSSR count). The van der Waals surface area contributed by atoms with Gasteiger partial charge in [-0.2, -0.15) is 4.31 Å². The molecule has 1 aliphatic rings. The van der Waals surface area contributed by atoms with Crippen LogP contribution in [0.3, 0.4) is 0 Å². The summed E-state index contributed by atoms with van der Waals surface area (Å²) in [6.45, 7) is 8.62. The van der Waals surface area contributed by atoms with Crippen molar-refractivity contribution in [1.82, 2.24) is 9.62 Å². The van der Waals surface area contributed by atoms with Crippen molar-refractivity contribution in [3.8, 4) is 0 Å². The summed E-state index contributed by atoms with van der Waals surface area (Å²) < 4.78 is 26.5. The Morgan fingerprint density at radius 2 is 1.81 bits per heavy atom. The summed E-state index contributed by atoms with van der Waals surface area (Å²) >= 11 is 0. The van der Waals surface area contributed by atoms with Gasteiger partial charge in [-0.3, -0.25) is 9.59 Å². The van der Waals surface area contributed by atoms with Crippen molar-refractivity contribution in [2.24, 2.45) is 5.92 Å². The van der Waals surface area contributed by atoms with E-state index in [2.05, 4.69) is 5.32 Å². The highest BCUT2D eigenvalue weighted by atomic mass is 32.2. The molecule has 150 valence electrons. The van der Waals surface area contributed by atoms with Crippen LogP contribution in [0, 0.1) is 5.92 Å². The Balaban J connectivity index is 2.13. The highest BCUT2D eigenvalue weighted by Crippen LogP contribution is 2.27. The Morgan fingerprint density at radius 3 is 2.33 bits per heavy atom. The van der Waals surface area contributed by atoms with E-state index < -0.39 is 10.0 Å².